The number of halogens is 2. The number of amides is 1. The van der Waals surface area contributed by atoms with Gasteiger partial charge in [0.05, 0.1) is 10.6 Å². The molecule has 3 rings (SSSR count). The number of anilines is 1. The molecule has 0 radical (unpaired) electrons. The largest absolute Gasteiger partial charge is 0.350 e. The van der Waals surface area contributed by atoms with Gasteiger partial charge in [-0.15, -0.1) is 12.4 Å². The molecule has 1 fully saturated rings. The molecule has 0 spiro atoms. The number of nitro groups is 1. The van der Waals surface area contributed by atoms with E-state index in [0.717, 1.165) is 29.8 Å². The molecular weight excluding hydrogens is 431 g/mol. The lowest BCUT2D eigenvalue weighted by Gasteiger charge is -2.20. The number of aliphatic imine (C=N–C) groups is 1. The second kappa shape index (κ2) is 10.9. The van der Waals surface area contributed by atoms with Gasteiger partial charge in [0.1, 0.15) is 5.82 Å². The zero-order valence-electron chi connectivity index (χ0n) is 16.3. The molecular formula is C20H22ClFN4O3S. The van der Waals surface area contributed by atoms with Gasteiger partial charge < -0.3 is 10.2 Å². The van der Waals surface area contributed by atoms with Gasteiger partial charge in [0.15, 0.2) is 5.17 Å². The maximum atomic E-state index is 13.9. The first kappa shape index (κ1) is 23.6. The number of hydrogen-bond donors (Lipinski definition) is 1. The topological polar surface area (TPSA) is 87.8 Å². The summed E-state index contributed by atoms with van der Waals surface area (Å²) in [5.41, 5.74) is 0.759. The van der Waals surface area contributed by atoms with E-state index < -0.39 is 16.6 Å². The summed E-state index contributed by atoms with van der Waals surface area (Å²) in [4.78, 5) is 29.1. The summed E-state index contributed by atoms with van der Waals surface area (Å²) >= 11 is 1.58. The predicted octanol–water partition coefficient (Wildman–Crippen LogP) is 4.13. The number of nitro benzene ring substituents is 1. The number of benzene rings is 2. The van der Waals surface area contributed by atoms with Crippen LogP contribution < -0.4 is 5.32 Å². The van der Waals surface area contributed by atoms with Gasteiger partial charge in [0.25, 0.3) is 5.69 Å². The smallest absolute Gasteiger partial charge is 0.271 e. The van der Waals surface area contributed by atoms with E-state index in [1.165, 1.54) is 5.56 Å². The average molecular weight is 453 g/mol. The number of nitrogens with zero attached hydrogens (tertiary/aromatic N) is 3. The summed E-state index contributed by atoms with van der Waals surface area (Å²) in [5.74, 6) is -0.403. The lowest BCUT2D eigenvalue weighted by molar-refractivity contribution is -0.384. The third-order valence-electron chi connectivity index (χ3n) is 4.60. The van der Waals surface area contributed by atoms with Crippen LogP contribution in [0.2, 0.25) is 0 Å². The van der Waals surface area contributed by atoms with Gasteiger partial charge in [-0.3, -0.25) is 19.9 Å². The maximum absolute atomic E-state index is 13.9. The summed E-state index contributed by atoms with van der Waals surface area (Å²) in [6.07, 6.45) is 0.985. The van der Waals surface area contributed by atoms with Crippen LogP contribution in [0.25, 0.3) is 0 Å². The maximum Gasteiger partial charge on any atom is 0.271 e. The van der Waals surface area contributed by atoms with Crippen LogP contribution in [-0.2, 0) is 11.2 Å². The van der Waals surface area contributed by atoms with Crippen molar-refractivity contribution in [2.24, 2.45) is 4.99 Å². The van der Waals surface area contributed by atoms with Crippen molar-refractivity contribution < 1.29 is 14.1 Å². The quantitative estimate of drug-likeness (QED) is 0.504. The molecule has 1 aliphatic heterocycles. The van der Waals surface area contributed by atoms with Crippen molar-refractivity contribution in [3.8, 4) is 0 Å². The Morgan fingerprint density at radius 3 is 2.77 bits per heavy atom. The van der Waals surface area contributed by atoms with E-state index in [1.54, 1.807) is 11.8 Å². The Morgan fingerprint density at radius 1 is 1.33 bits per heavy atom. The van der Waals surface area contributed by atoms with E-state index in [0.29, 0.717) is 12.3 Å². The van der Waals surface area contributed by atoms with Crippen LogP contribution in [0.5, 0.6) is 0 Å². The Bertz CT molecular complexity index is 930. The monoisotopic (exact) mass is 452 g/mol. The minimum Gasteiger partial charge on any atom is -0.350 e. The molecule has 1 aliphatic rings. The molecule has 2 aromatic carbocycles. The SMILES string of the molecule is CN1C(=NCCc2ccccc2)SCC1CC(=O)Nc1cc([N+](=O)[O-])ccc1F.Cl. The first-order chi connectivity index (χ1) is 13.9. The molecule has 2 aromatic rings. The average Bonchev–Trinajstić information content (AvgIpc) is 3.04. The van der Waals surface area contributed by atoms with Crippen LogP contribution in [-0.4, -0.2) is 46.3 Å². The molecule has 0 aliphatic carbocycles. The molecule has 160 valence electrons. The highest BCUT2D eigenvalue weighted by molar-refractivity contribution is 8.14. The molecule has 10 heteroatoms. The van der Waals surface area contributed by atoms with Gasteiger partial charge in [-0.05, 0) is 18.1 Å². The fourth-order valence-electron chi connectivity index (χ4n) is 2.96. The number of amidine groups is 1. The number of carbonyl (C=O) groups is 1. The highest BCUT2D eigenvalue weighted by Gasteiger charge is 2.29. The summed E-state index contributed by atoms with van der Waals surface area (Å²) in [5, 5.41) is 14.1. The van der Waals surface area contributed by atoms with Gasteiger partial charge in [-0.1, -0.05) is 42.1 Å². The van der Waals surface area contributed by atoms with E-state index in [1.807, 2.05) is 30.1 Å². The van der Waals surface area contributed by atoms with Gasteiger partial charge >= 0.3 is 0 Å². The first-order valence-electron chi connectivity index (χ1n) is 9.12. The van der Waals surface area contributed by atoms with Crippen molar-refractivity contribution >= 4 is 46.6 Å². The first-order valence-corrected chi connectivity index (χ1v) is 10.1. The van der Waals surface area contributed by atoms with Crippen molar-refractivity contribution in [3.63, 3.8) is 0 Å². The predicted molar refractivity (Wildman–Crippen MR) is 120 cm³/mol. The number of rotatable bonds is 7. The Labute approximate surface area is 184 Å². The molecule has 1 N–H and O–H groups in total. The number of hydrogen-bond acceptors (Lipinski definition) is 5. The third-order valence-corrected chi connectivity index (χ3v) is 5.83. The molecule has 1 saturated heterocycles. The van der Waals surface area contributed by atoms with E-state index in [2.05, 4.69) is 22.4 Å². The zero-order chi connectivity index (χ0) is 20.8. The third kappa shape index (κ3) is 6.17. The Kier molecular flexibility index (Phi) is 8.61. The van der Waals surface area contributed by atoms with Gasteiger partial charge in [0, 0.05) is 43.9 Å². The summed E-state index contributed by atoms with van der Waals surface area (Å²) in [7, 11) is 1.88. The van der Waals surface area contributed by atoms with Crippen molar-refractivity contribution in [1.29, 1.82) is 0 Å². The minimum absolute atomic E-state index is 0. The fourth-order valence-corrected chi connectivity index (χ4v) is 4.17. The normalized spacial score (nSPS) is 16.9. The molecule has 0 saturated carbocycles. The highest BCUT2D eigenvalue weighted by Crippen LogP contribution is 2.26. The Balaban J connectivity index is 0.00000320. The molecule has 1 unspecified atom stereocenters. The summed E-state index contributed by atoms with van der Waals surface area (Å²) in [6, 6.07) is 13.1. The number of carbonyl (C=O) groups excluding carboxylic acids is 1. The number of non-ortho nitro benzene ring substituents is 1. The lowest BCUT2D eigenvalue weighted by Crippen LogP contribution is -2.33. The Hall–Kier alpha value is -2.65. The summed E-state index contributed by atoms with van der Waals surface area (Å²) in [6.45, 7) is 0.661. The molecule has 30 heavy (non-hydrogen) atoms. The van der Waals surface area contributed by atoms with E-state index >= 15 is 0 Å². The second-order valence-corrected chi connectivity index (χ2v) is 7.64. The van der Waals surface area contributed by atoms with Crippen molar-refractivity contribution in [2.45, 2.75) is 18.9 Å². The molecule has 1 amide bonds. The van der Waals surface area contributed by atoms with Crippen molar-refractivity contribution in [1.82, 2.24) is 4.90 Å². The van der Waals surface area contributed by atoms with Crippen molar-refractivity contribution in [3.05, 3.63) is 70.0 Å². The molecule has 1 atom stereocenters. The fraction of sp³-hybridized carbons (Fsp3) is 0.300. The molecule has 0 aromatic heterocycles. The highest BCUT2D eigenvalue weighted by atomic mass is 35.5. The number of nitrogens with one attached hydrogen (secondary N) is 1. The van der Waals surface area contributed by atoms with Crippen LogP contribution in [0.1, 0.15) is 12.0 Å². The van der Waals surface area contributed by atoms with Crippen molar-refractivity contribution in [2.75, 3.05) is 24.7 Å². The van der Waals surface area contributed by atoms with Gasteiger partial charge in [0.2, 0.25) is 5.91 Å². The van der Waals surface area contributed by atoms with Crippen LogP contribution in [0.15, 0.2) is 53.5 Å². The molecule has 1 heterocycles. The van der Waals surface area contributed by atoms with E-state index in [-0.39, 0.29) is 36.2 Å². The standard InChI is InChI=1S/C20H21FN4O3S.ClH/c1-24-16(13-29-20(24)22-10-9-14-5-3-2-4-6-14)12-19(26)23-18-11-15(25(27)28)7-8-17(18)21;/h2-8,11,16H,9-10,12-13H2,1H3,(H,23,26);1H. The second-order valence-electron chi connectivity index (χ2n) is 6.65. The van der Waals surface area contributed by atoms with E-state index in [9.17, 15) is 19.3 Å². The molecule has 7 nitrogen and oxygen atoms in total. The van der Waals surface area contributed by atoms with Crippen LogP contribution >= 0.6 is 24.2 Å². The van der Waals surface area contributed by atoms with Crippen LogP contribution in [0.3, 0.4) is 0 Å². The number of thioether (sulfide) groups is 1. The van der Waals surface area contributed by atoms with Gasteiger partial charge in [-0.25, -0.2) is 4.39 Å². The van der Waals surface area contributed by atoms with Gasteiger partial charge in [-0.2, -0.15) is 0 Å². The van der Waals surface area contributed by atoms with Crippen LogP contribution in [0, 0.1) is 15.9 Å². The minimum atomic E-state index is -0.707. The Morgan fingerprint density at radius 2 is 2.07 bits per heavy atom. The van der Waals surface area contributed by atoms with Crippen LogP contribution in [0.4, 0.5) is 15.8 Å². The zero-order valence-corrected chi connectivity index (χ0v) is 17.9. The lowest BCUT2D eigenvalue weighted by atomic mass is 10.2. The van der Waals surface area contributed by atoms with E-state index in [4.69, 9.17) is 0 Å². The molecule has 0 bridgehead atoms. The summed E-state index contributed by atoms with van der Waals surface area (Å²) < 4.78 is 13.9.